The fourth-order valence-corrected chi connectivity index (χ4v) is 3.01. The minimum atomic E-state index is -0.389. The smallest absolute Gasteiger partial charge is 0.0552 e. The third kappa shape index (κ3) is 2.78. The van der Waals surface area contributed by atoms with Gasteiger partial charge in [0.05, 0.1) is 6.10 Å². The molecule has 0 amide bonds. The van der Waals surface area contributed by atoms with Crippen LogP contribution in [0.4, 0.5) is 0 Å². The summed E-state index contributed by atoms with van der Waals surface area (Å²) in [4.78, 5) is 0. The van der Waals surface area contributed by atoms with Crippen molar-refractivity contribution in [2.45, 2.75) is 25.9 Å². The van der Waals surface area contributed by atoms with E-state index in [1.54, 1.807) is 0 Å². The van der Waals surface area contributed by atoms with Gasteiger partial charge in [0.15, 0.2) is 0 Å². The van der Waals surface area contributed by atoms with Gasteiger partial charge in [-0.3, -0.25) is 0 Å². The second-order valence-corrected chi connectivity index (χ2v) is 5.65. The molecule has 0 radical (unpaired) electrons. The molecule has 3 aromatic carbocycles. The monoisotopic (exact) mass is 280 g/mol. The first kappa shape index (κ1) is 14.1. The topological polar surface area (TPSA) is 40.5 Å². The second-order valence-electron chi connectivity index (χ2n) is 5.65. The van der Waals surface area contributed by atoms with E-state index in [1.807, 2.05) is 19.1 Å². The van der Waals surface area contributed by atoms with Crippen molar-refractivity contribution in [2.75, 3.05) is 6.61 Å². The molecule has 0 heterocycles. The van der Waals surface area contributed by atoms with E-state index >= 15 is 0 Å². The minimum Gasteiger partial charge on any atom is -0.396 e. The van der Waals surface area contributed by atoms with Crippen LogP contribution in [0.25, 0.3) is 21.5 Å². The minimum absolute atomic E-state index is 0.131. The van der Waals surface area contributed by atoms with E-state index in [1.165, 1.54) is 21.5 Å². The Bertz CT molecular complexity index is 775. The molecule has 21 heavy (non-hydrogen) atoms. The van der Waals surface area contributed by atoms with Crippen LogP contribution < -0.4 is 0 Å². The van der Waals surface area contributed by atoms with E-state index in [0.29, 0.717) is 12.8 Å². The largest absolute Gasteiger partial charge is 0.396 e. The lowest BCUT2D eigenvalue weighted by molar-refractivity contribution is 0.195. The normalized spacial score (nSPS) is 12.9. The molecule has 3 rings (SSSR count). The van der Waals surface area contributed by atoms with E-state index in [4.69, 9.17) is 0 Å². The van der Waals surface area contributed by atoms with Crippen molar-refractivity contribution in [1.82, 2.24) is 0 Å². The Balaban J connectivity index is 2.28. The molecule has 108 valence electrons. The maximum atomic E-state index is 9.81. The Hall–Kier alpha value is -1.90. The SMILES string of the molecule is CC(O)Cc1c(CCO)ccc2cc3ccccc3cc12. The lowest BCUT2D eigenvalue weighted by atomic mass is 9.92. The van der Waals surface area contributed by atoms with E-state index in [-0.39, 0.29) is 12.7 Å². The van der Waals surface area contributed by atoms with Gasteiger partial charge in [-0.05, 0) is 64.6 Å². The summed E-state index contributed by atoms with van der Waals surface area (Å²) in [6.07, 6.45) is 0.857. The summed E-state index contributed by atoms with van der Waals surface area (Å²) in [7, 11) is 0. The lowest BCUT2D eigenvalue weighted by Gasteiger charge is -2.15. The number of rotatable bonds is 4. The highest BCUT2D eigenvalue weighted by atomic mass is 16.3. The van der Waals surface area contributed by atoms with Gasteiger partial charge in [0.1, 0.15) is 0 Å². The molecular weight excluding hydrogens is 260 g/mol. The highest BCUT2D eigenvalue weighted by molar-refractivity contribution is 6.00. The van der Waals surface area contributed by atoms with Crippen LogP contribution in [0.5, 0.6) is 0 Å². The van der Waals surface area contributed by atoms with Crippen LogP contribution in [-0.4, -0.2) is 22.9 Å². The average Bonchev–Trinajstić information content (AvgIpc) is 2.47. The first-order chi connectivity index (χ1) is 10.2. The fraction of sp³-hybridized carbons (Fsp3) is 0.263. The van der Waals surface area contributed by atoms with Crippen LogP contribution in [0.2, 0.25) is 0 Å². The molecule has 3 aromatic rings. The Morgan fingerprint density at radius 1 is 0.952 bits per heavy atom. The van der Waals surface area contributed by atoms with Gasteiger partial charge in [-0.2, -0.15) is 0 Å². The second kappa shape index (κ2) is 5.84. The van der Waals surface area contributed by atoms with Gasteiger partial charge >= 0.3 is 0 Å². The number of fused-ring (bicyclic) bond motifs is 2. The van der Waals surface area contributed by atoms with Crippen molar-refractivity contribution in [1.29, 1.82) is 0 Å². The maximum Gasteiger partial charge on any atom is 0.0552 e. The molecule has 0 spiro atoms. The Morgan fingerprint density at radius 3 is 2.33 bits per heavy atom. The highest BCUT2D eigenvalue weighted by Crippen LogP contribution is 2.29. The summed E-state index contributed by atoms with van der Waals surface area (Å²) < 4.78 is 0. The molecule has 0 saturated heterocycles. The lowest BCUT2D eigenvalue weighted by Crippen LogP contribution is -2.08. The van der Waals surface area contributed by atoms with Crippen molar-refractivity contribution < 1.29 is 10.2 Å². The van der Waals surface area contributed by atoms with Crippen molar-refractivity contribution in [3.63, 3.8) is 0 Å². The molecule has 2 N–H and O–H groups in total. The third-order valence-electron chi connectivity index (χ3n) is 3.98. The van der Waals surface area contributed by atoms with Gasteiger partial charge in [0, 0.05) is 6.61 Å². The van der Waals surface area contributed by atoms with Crippen molar-refractivity contribution in [2.24, 2.45) is 0 Å². The summed E-state index contributed by atoms with van der Waals surface area (Å²) in [5.41, 5.74) is 2.28. The van der Waals surface area contributed by atoms with Crippen molar-refractivity contribution in [3.8, 4) is 0 Å². The molecule has 0 aromatic heterocycles. The van der Waals surface area contributed by atoms with Gasteiger partial charge in [0.2, 0.25) is 0 Å². The summed E-state index contributed by atoms with van der Waals surface area (Å²) in [5, 5.41) is 23.9. The predicted octanol–water partition coefficient (Wildman–Crippen LogP) is 3.45. The predicted molar refractivity (Wildman–Crippen MR) is 87.6 cm³/mol. The molecule has 2 heteroatoms. The molecule has 0 aliphatic rings. The molecule has 0 aliphatic carbocycles. The van der Waals surface area contributed by atoms with Crippen LogP contribution >= 0.6 is 0 Å². The number of hydrogen-bond acceptors (Lipinski definition) is 2. The van der Waals surface area contributed by atoms with Gasteiger partial charge in [0.25, 0.3) is 0 Å². The fourth-order valence-electron chi connectivity index (χ4n) is 3.01. The average molecular weight is 280 g/mol. The van der Waals surface area contributed by atoms with Crippen molar-refractivity contribution in [3.05, 3.63) is 59.7 Å². The maximum absolute atomic E-state index is 9.81. The summed E-state index contributed by atoms with van der Waals surface area (Å²) in [5.74, 6) is 0. The van der Waals surface area contributed by atoms with E-state index in [2.05, 4.69) is 36.4 Å². The number of aliphatic hydroxyl groups is 2. The van der Waals surface area contributed by atoms with Gasteiger partial charge < -0.3 is 10.2 Å². The van der Waals surface area contributed by atoms with Crippen LogP contribution in [-0.2, 0) is 12.8 Å². The molecule has 2 nitrogen and oxygen atoms in total. The molecule has 0 fully saturated rings. The molecule has 1 atom stereocenters. The van der Waals surface area contributed by atoms with Crippen LogP contribution in [0.1, 0.15) is 18.1 Å². The number of benzene rings is 3. The third-order valence-corrected chi connectivity index (χ3v) is 3.98. The summed E-state index contributed by atoms with van der Waals surface area (Å²) in [6, 6.07) is 16.9. The summed E-state index contributed by atoms with van der Waals surface area (Å²) in [6.45, 7) is 1.94. The van der Waals surface area contributed by atoms with Crippen molar-refractivity contribution >= 4 is 21.5 Å². The zero-order chi connectivity index (χ0) is 14.8. The van der Waals surface area contributed by atoms with E-state index in [9.17, 15) is 10.2 Å². The molecule has 0 aliphatic heterocycles. The van der Waals surface area contributed by atoms with Gasteiger partial charge in [-0.1, -0.05) is 36.4 Å². The number of hydrogen-bond donors (Lipinski definition) is 2. The van der Waals surface area contributed by atoms with E-state index in [0.717, 1.165) is 11.1 Å². The number of aliphatic hydroxyl groups excluding tert-OH is 2. The molecule has 0 bridgehead atoms. The van der Waals surface area contributed by atoms with Crippen LogP contribution in [0.15, 0.2) is 48.5 Å². The molecular formula is C19H20O2. The first-order valence-electron chi connectivity index (χ1n) is 7.41. The Kier molecular flexibility index (Phi) is 3.91. The first-order valence-corrected chi connectivity index (χ1v) is 7.41. The van der Waals surface area contributed by atoms with Crippen LogP contribution in [0, 0.1) is 0 Å². The highest BCUT2D eigenvalue weighted by Gasteiger charge is 2.11. The van der Waals surface area contributed by atoms with Crippen LogP contribution in [0.3, 0.4) is 0 Å². The Morgan fingerprint density at radius 2 is 1.67 bits per heavy atom. The molecule has 0 saturated carbocycles. The zero-order valence-electron chi connectivity index (χ0n) is 12.2. The van der Waals surface area contributed by atoms with Gasteiger partial charge in [-0.25, -0.2) is 0 Å². The molecule has 1 unspecified atom stereocenters. The zero-order valence-corrected chi connectivity index (χ0v) is 12.2. The standard InChI is InChI=1S/C19H20O2/c1-13(21)10-18-14(8-9-20)6-7-17-11-15-4-2-3-5-16(15)12-19(17)18/h2-7,11-13,20-21H,8-10H2,1H3. The summed E-state index contributed by atoms with van der Waals surface area (Å²) >= 11 is 0. The van der Waals surface area contributed by atoms with E-state index < -0.39 is 0 Å². The Labute approximate surface area is 124 Å². The van der Waals surface area contributed by atoms with Gasteiger partial charge in [-0.15, -0.1) is 0 Å². The quantitative estimate of drug-likeness (QED) is 0.719.